The minimum Gasteiger partial charge on any atom is -0.480 e. The van der Waals surface area contributed by atoms with Crippen molar-refractivity contribution in [3.63, 3.8) is 0 Å². The predicted molar refractivity (Wildman–Crippen MR) is 109 cm³/mol. The minimum atomic E-state index is -0.909. The van der Waals surface area contributed by atoms with Gasteiger partial charge in [0.25, 0.3) is 0 Å². The lowest BCUT2D eigenvalue weighted by molar-refractivity contribution is -0.143. The topological polar surface area (TPSA) is 66.8 Å². The Morgan fingerprint density at radius 1 is 0.966 bits per heavy atom. The van der Waals surface area contributed by atoms with Crippen molar-refractivity contribution in [2.24, 2.45) is 11.8 Å². The van der Waals surface area contributed by atoms with Crippen LogP contribution in [0, 0.1) is 11.8 Å². The first kappa shape index (κ1) is 18.2. The molecule has 2 aliphatic carbocycles. The lowest BCUT2D eigenvalue weighted by Gasteiger charge is -2.27. The highest BCUT2D eigenvalue weighted by Gasteiger charge is 2.49. The number of rotatable bonds is 3. The Balaban J connectivity index is 1.35. The average molecular weight is 391 g/mol. The molecule has 1 aliphatic heterocycles. The summed E-state index contributed by atoms with van der Waals surface area (Å²) in [4.78, 5) is 26.3. The first-order valence-electron chi connectivity index (χ1n) is 10.5. The zero-order chi connectivity index (χ0) is 20.0. The number of benzene rings is 2. The lowest BCUT2D eigenvalue weighted by atomic mass is 9.78. The Morgan fingerprint density at radius 3 is 2.24 bits per heavy atom. The van der Waals surface area contributed by atoms with Crippen LogP contribution in [0.4, 0.5) is 4.79 Å². The second kappa shape index (κ2) is 7.21. The Bertz CT molecular complexity index is 910. The summed E-state index contributed by atoms with van der Waals surface area (Å²) in [5, 5.41) is 9.76. The Labute approximate surface area is 170 Å². The Hall–Kier alpha value is -2.82. The number of carboxylic acids is 1. The molecule has 2 fully saturated rings. The van der Waals surface area contributed by atoms with Crippen LogP contribution in [0.3, 0.4) is 0 Å². The average Bonchev–Trinajstić information content (AvgIpc) is 3.28. The molecule has 1 saturated heterocycles. The molecule has 29 heavy (non-hydrogen) atoms. The predicted octanol–water partition coefficient (Wildman–Crippen LogP) is 4.51. The van der Waals surface area contributed by atoms with Crippen LogP contribution in [-0.4, -0.2) is 41.3 Å². The molecule has 150 valence electrons. The van der Waals surface area contributed by atoms with Gasteiger partial charge in [-0.15, -0.1) is 0 Å². The molecule has 2 aromatic rings. The van der Waals surface area contributed by atoms with E-state index >= 15 is 0 Å². The van der Waals surface area contributed by atoms with Gasteiger partial charge in [0.2, 0.25) is 0 Å². The van der Waals surface area contributed by atoms with Crippen LogP contribution < -0.4 is 0 Å². The van der Waals surface area contributed by atoms with Crippen LogP contribution in [0.1, 0.15) is 42.7 Å². The standard InChI is InChI=1S/C24H25NO4/c26-23(27)22-16-8-2-1-7-15(16)13-25(22)24(28)29-14-21-19-11-5-3-9-17(19)18-10-4-6-12-20(18)21/h3-6,9-12,15-16,21-22H,1-2,7-8,13-14H2,(H,26,27)/t15-,16-,22?/m0/s1. The number of likely N-dealkylation sites (tertiary alicyclic amines) is 1. The van der Waals surface area contributed by atoms with E-state index in [4.69, 9.17) is 4.74 Å². The summed E-state index contributed by atoms with van der Waals surface area (Å²) in [5.41, 5.74) is 4.68. The van der Waals surface area contributed by atoms with Crippen LogP contribution in [0.25, 0.3) is 11.1 Å². The molecule has 5 rings (SSSR count). The monoisotopic (exact) mass is 391 g/mol. The summed E-state index contributed by atoms with van der Waals surface area (Å²) in [6, 6.07) is 15.7. The number of hydrogen-bond donors (Lipinski definition) is 1. The van der Waals surface area contributed by atoms with Gasteiger partial charge in [-0.05, 0) is 46.9 Å². The molecule has 5 nitrogen and oxygen atoms in total. The molecule has 1 unspecified atom stereocenters. The van der Waals surface area contributed by atoms with Crippen LogP contribution >= 0.6 is 0 Å². The van der Waals surface area contributed by atoms with Crippen molar-refractivity contribution in [2.45, 2.75) is 37.6 Å². The molecule has 1 amide bonds. The third-order valence-electron chi connectivity index (χ3n) is 6.96. The molecule has 3 aliphatic rings. The van der Waals surface area contributed by atoms with Crippen molar-refractivity contribution >= 4 is 12.1 Å². The smallest absolute Gasteiger partial charge is 0.410 e. The van der Waals surface area contributed by atoms with E-state index < -0.39 is 18.1 Å². The fraction of sp³-hybridized carbons (Fsp3) is 0.417. The fourth-order valence-electron chi connectivity index (χ4n) is 5.66. The van der Waals surface area contributed by atoms with E-state index in [9.17, 15) is 14.7 Å². The van der Waals surface area contributed by atoms with Crippen molar-refractivity contribution in [3.8, 4) is 11.1 Å². The summed E-state index contributed by atoms with van der Waals surface area (Å²) >= 11 is 0. The quantitative estimate of drug-likeness (QED) is 0.836. The number of carboxylic acid groups (broad SMARTS) is 1. The van der Waals surface area contributed by atoms with Crippen LogP contribution in [0.5, 0.6) is 0 Å². The van der Waals surface area contributed by atoms with E-state index in [1.165, 1.54) is 16.0 Å². The van der Waals surface area contributed by atoms with Crippen molar-refractivity contribution in [3.05, 3.63) is 59.7 Å². The number of carbonyl (C=O) groups excluding carboxylic acids is 1. The van der Waals surface area contributed by atoms with Crippen LogP contribution in [0.2, 0.25) is 0 Å². The molecule has 3 atom stereocenters. The summed E-state index contributed by atoms with van der Waals surface area (Å²) < 4.78 is 5.73. The Kier molecular flexibility index (Phi) is 4.53. The van der Waals surface area contributed by atoms with Gasteiger partial charge in [0.05, 0.1) is 0 Å². The molecule has 0 bridgehead atoms. The van der Waals surface area contributed by atoms with Gasteiger partial charge in [-0.2, -0.15) is 0 Å². The molecular formula is C24H25NO4. The molecule has 0 radical (unpaired) electrons. The van der Waals surface area contributed by atoms with Gasteiger partial charge < -0.3 is 9.84 Å². The van der Waals surface area contributed by atoms with Crippen molar-refractivity contribution < 1.29 is 19.4 Å². The molecular weight excluding hydrogens is 366 g/mol. The molecule has 1 N–H and O–H groups in total. The molecule has 1 saturated carbocycles. The second-order valence-corrected chi connectivity index (χ2v) is 8.45. The lowest BCUT2D eigenvalue weighted by Crippen LogP contribution is -2.44. The maximum atomic E-state index is 12.9. The van der Waals surface area contributed by atoms with E-state index in [1.807, 2.05) is 24.3 Å². The van der Waals surface area contributed by atoms with Crippen LogP contribution in [0.15, 0.2) is 48.5 Å². The van der Waals surface area contributed by atoms with Crippen LogP contribution in [-0.2, 0) is 9.53 Å². The second-order valence-electron chi connectivity index (χ2n) is 8.45. The fourth-order valence-corrected chi connectivity index (χ4v) is 5.66. The summed E-state index contributed by atoms with van der Waals surface area (Å²) in [7, 11) is 0. The summed E-state index contributed by atoms with van der Waals surface area (Å²) in [6.07, 6.45) is 3.56. The maximum absolute atomic E-state index is 12.9. The normalized spacial score (nSPS) is 25.2. The third-order valence-corrected chi connectivity index (χ3v) is 6.96. The highest BCUT2D eigenvalue weighted by atomic mass is 16.6. The van der Waals surface area contributed by atoms with Crippen molar-refractivity contribution in [2.75, 3.05) is 13.2 Å². The number of aliphatic carboxylic acids is 1. The maximum Gasteiger partial charge on any atom is 0.410 e. The van der Waals surface area contributed by atoms with E-state index in [0.29, 0.717) is 6.54 Å². The number of fused-ring (bicyclic) bond motifs is 4. The van der Waals surface area contributed by atoms with E-state index in [0.717, 1.165) is 36.8 Å². The Morgan fingerprint density at radius 2 is 1.59 bits per heavy atom. The number of ether oxygens (including phenoxy) is 1. The van der Waals surface area contributed by atoms with Gasteiger partial charge in [0, 0.05) is 12.5 Å². The zero-order valence-electron chi connectivity index (χ0n) is 16.3. The van der Waals surface area contributed by atoms with Gasteiger partial charge in [-0.3, -0.25) is 4.90 Å². The number of hydrogen-bond acceptors (Lipinski definition) is 3. The number of nitrogens with zero attached hydrogens (tertiary/aromatic N) is 1. The molecule has 5 heteroatoms. The molecule has 1 heterocycles. The SMILES string of the molecule is O=C(O)C1[C@H]2CCCC[C@H]2CN1C(=O)OCC1c2ccccc2-c2ccccc21. The van der Waals surface area contributed by atoms with E-state index in [-0.39, 0.29) is 24.4 Å². The van der Waals surface area contributed by atoms with Crippen molar-refractivity contribution in [1.29, 1.82) is 0 Å². The first-order valence-corrected chi connectivity index (χ1v) is 10.5. The van der Waals surface area contributed by atoms with E-state index in [2.05, 4.69) is 24.3 Å². The molecule has 0 spiro atoms. The zero-order valence-corrected chi connectivity index (χ0v) is 16.3. The highest BCUT2D eigenvalue weighted by Crippen LogP contribution is 2.45. The van der Waals surface area contributed by atoms with E-state index in [1.54, 1.807) is 0 Å². The first-order chi connectivity index (χ1) is 14.1. The van der Waals surface area contributed by atoms with Gasteiger partial charge in [-0.1, -0.05) is 61.4 Å². The summed E-state index contributed by atoms with van der Waals surface area (Å²) in [5.74, 6) is -0.584. The van der Waals surface area contributed by atoms with Gasteiger partial charge in [0.15, 0.2) is 0 Å². The number of carbonyl (C=O) groups is 2. The number of amides is 1. The van der Waals surface area contributed by atoms with Gasteiger partial charge in [-0.25, -0.2) is 9.59 Å². The van der Waals surface area contributed by atoms with Gasteiger partial charge in [0.1, 0.15) is 12.6 Å². The highest BCUT2D eigenvalue weighted by molar-refractivity contribution is 5.82. The van der Waals surface area contributed by atoms with Crippen molar-refractivity contribution in [1.82, 2.24) is 4.90 Å². The third kappa shape index (κ3) is 3.00. The molecule has 0 aromatic heterocycles. The molecule has 2 aromatic carbocycles. The largest absolute Gasteiger partial charge is 0.480 e. The van der Waals surface area contributed by atoms with Gasteiger partial charge >= 0.3 is 12.1 Å². The minimum absolute atomic E-state index is 0.0143. The summed E-state index contributed by atoms with van der Waals surface area (Å²) in [6.45, 7) is 0.726.